The molecule has 0 aliphatic rings. The van der Waals surface area contributed by atoms with Crippen LogP contribution >= 0.6 is 0 Å². The van der Waals surface area contributed by atoms with Crippen LogP contribution in [0.1, 0.15) is 12.5 Å². The fourth-order valence-corrected chi connectivity index (χ4v) is 1.03. The number of carboxylic acids is 1. The van der Waals surface area contributed by atoms with Gasteiger partial charge in [0.1, 0.15) is 0 Å². The number of aliphatic carboxylic acids is 1. The SMILES string of the molecule is CC(O)(CNCc1cccnc1)C(=O)O. The van der Waals surface area contributed by atoms with Gasteiger partial charge in [-0.05, 0) is 18.6 Å². The van der Waals surface area contributed by atoms with Gasteiger partial charge in [-0.25, -0.2) is 4.79 Å². The van der Waals surface area contributed by atoms with E-state index in [4.69, 9.17) is 5.11 Å². The van der Waals surface area contributed by atoms with E-state index in [1.54, 1.807) is 18.5 Å². The Labute approximate surface area is 87.8 Å². The second kappa shape index (κ2) is 4.86. The Kier molecular flexibility index (Phi) is 3.76. The highest BCUT2D eigenvalue weighted by atomic mass is 16.4. The minimum atomic E-state index is -1.73. The molecule has 3 N–H and O–H groups in total. The van der Waals surface area contributed by atoms with E-state index in [1.165, 1.54) is 6.92 Å². The second-order valence-electron chi connectivity index (χ2n) is 3.54. The second-order valence-corrected chi connectivity index (χ2v) is 3.54. The zero-order valence-electron chi connectivity index (χ0n) is 8.47. The summed E-state index contributed by atoms with van der Waals surface area (Å²) in [6.07, 6.45) is 3.35. The molecule has 1 rings (SSSR count). The van der Waals surface area contributed by atoms with Gasteiger partial charge in [0.2, 0.25) is 0 Å². The fourth-order valence-electron chi connectivity index (χ4n) is 1.03. The molecule has 1 unspecified atom stereocenters. The maximum atomic E-state index is 10.6. The van der Waals surface area contributed by atoms with Gasteiger partial charge in [-0.2, -0.15) is 0 Å². The lowest BCUT2D eigenvalue weighted by molar-refractivity contribution is -0.156. The van der Waals surface area contributed by atoms with E-state index in [0.29, 0.717) is 6.54 Å². The van der Waals surface area contributed by atoms with Gasteiger partial charge in [-0.1, -0.05) is 6.07 Å². The normalized spacial score (nSPS) is 14.5. The molecule has 82 valence electrons. The molecular formula is C10H14N2O3. The van der Waals surface area contributed by atoms with Crippen molar-refractivity contribution in [3.8, 4) is 0 Å². The van der Waals surface area contributed by atoms with Gasteiger partial charge in [-0.3, -0.25) is 4.98 Å². The molecule has 15 heavy (non-hydrogen) atoms. The van der Waals surface area contributed by atoms with Gasteiger partial charge in [0, 0.05) is 25.5 Å². The van der Waals surface area contributed by atoms with Crippen LogP contribution in [-0.2, 0) is 11.3 Å². The van der Waals surface area contributed by atoms with Crippen molar-refractivity contribution in [2.75, 3.05) is 6.54 Å². The summed E-state index contributed by atoms with van der Waals surface area (Å²) in [5.41, 5.74) is -0.791. The number of rotatable bonds is 5. The molecule has 0 spiro atoms. The zero-order valence-corrected chi connectivity index (χ0v) is 8.47. The van der Waals surface area contributed by atoms with Crippen LogP contribution in [0.25, 0.3) is 0 Å². The third-order valence-electron chi connectivity index (χ3n) is 1.98. The van der Waals surface area contributed by atoms with Crippen molar-refractivity contribution in [2.24, 2.45) is 0 Å². The van der Waals surface area contributed by atoms with Crippen molar-refractivity contribution < 1.29 is 15.0 Å². The lowest BCUT2D eigenvalue weighted by atomic mass is 10.1. The summed E-state index contributed by atoms with van der Waals surface area (Å²) in [5, 5.41) is 20.9. The standard InChI is InChI=1S/C10H14N2O3/c1-10(15,9(13)14)7-12-6-8-3-2-4-11-5-8/h2-5,12,15H,6-7H2,1H3,(H,13,14). The number of carboxylic acid groups (broad SMARTS) is 1. The fraction of sp³-hybridized carbons (Fsp3) is 0.400. The van der Waals surface area contributed by atoms with Gasteiger partial charge >= 0.3 is 5.97 Å². The minimum Gasteiger partial charge on any atom is -0.479 e. The topological polar surface area (TPSA) is 82.5 Å². The maximum Gasteiger partial charge on any atom is 0.336 e. The molecule has 0 bridgehead atoms. The number of nitrogens with zero attached hydrogens (tertiary/aromatic N) is 1. The summed E-state index contributed by atoms with van der Waals surface area (Å²) in [6, 6.07) is 3.67. The molecular weight excluding hydrogens is 196 g/mol. The van der Waals surface area contributed by atoms with E-state index in [0.717, 1.165) is 5.56 Å². The molecule has 0 fully saturated rings. The van der Waals surface area contributed by atoms with Gasteiger partial charge in [0.05, 0.1) is 0 Å². The first-order valence-corrected chi connectivity index (χ1v) is 4.58. The molecule has 0 radical (unpaired) electrons. The first kappa shape index (κ1) is 11.6. The van der Waals surface area contributed by atoms with Gasteiger partial charge in [0.25, 0.3) is 0 Å². The molecule has 0 saturated carbocycles. The van der Waals surface area contributed by atoms with Crippen LogP contribution in [0.15, 0.2) is 24.5 Å². The van der Waals surface area contributed by atoms with Crippen molar-refractivity contribution in [3.05, 3.63) is 30.1 Å². The van der Waals surface area contributed by atoms with E-state index < -0.39 is 11.6 Å². The van der Waals surface area contributed by atoms with E-state index >= 15 is 0 Å². The molecule has 0 aromatic carbocycles. The van der Waals surface area contributed by atoms with E-state index in [1.807, 2.05) is 6.07 Å². The van der Waals surface area contributed by atoms with Gasteiger partial charge < -0.3 is 15.5 Å². The first-order chi connectivity index (χ1) is 7.02. The molecule has 1 aromatic heterocycles. The first-order valence-electron chi connectivity index (χ1n) is 4.58. The summed E-state index contributed by atoms with van der Waals surface area (Å²) in [6.45, 7) is 1.74. The summed E-state index contributed by atoms with van der Waals surface area (Å²) in [5.74, 6) is -1.24. The van der Waals surface area contributed by atoms with Crippen molar-refractivity contribution in [1.29, 1.82) is 0 Å². The molecule has 5 heteroatoms. The Morgan fingerprint density at radius 1 is 1.67 bits per heavy atom. The molecule has 0 aliphatic carbocycles. The minimum absolute atomic E-state index is 0.00275. The molecule has 0 saturated heterocycles. The van der Waals surface area contributed by atoms with E-state index in [9.17, 15) is 9.90 Å². The van der Waals surface area contributed by atoms with Crippen molar-refractivity contribution in [2.45, 2.75) is 19.1 Å². The molecule has 1 aromatic rings. The Morgan fingerprint density at radius 3 is 2.93 bits per heavy atom. The largest absolute Gasteiger partial charge is 0.479 e. The molecule has 5 nitrogen and oxygen atoms in total. The highest BCUT2D eigenvalue weighted by Crippen LogP contribution is 2.02. The summed E-state index contributed by atoms with van der Waals surface area (Å²) in [7, 11) is 0. The van der Waals surface area contributed by atoms with Crippen LogP contribution in [0.5, 0.6) is 0 Å². The Balaban J connectivity index is 2.37. The average molecular weight is 210 g/mol. The number of nitrogens with one attached hydrogen (secondary N) is 1. The number of pyridine rings is 1. The third kappa shape index (κ3) is 3.65. The van der Waals surface area contributed by atoms with Crippen LogP contribution in [0.4, 0.5) is 0 Å². The van der Waals surface area contributed by atoms with Crippen LogP contribution in [0.3, 0.4) is 0 Å². The van der Waals surface area contributed by atoms with Crippen molar-refractivity contribution in [1.82, 2.24) is 10.3 Å². The van der Waals surface area contributed by atoms with Gasteiger partial charge in [-0.15, -0.1) is 0 Å². The Morgan fingerprint density at radius 2 is 2.40 bits per heavy atom. The van der Waals surface area contributed by atoms with E-state index in [2.05, 4.69) is 10.3 Å². The highest BCUT2D eigenvalue weighted by molar-refractivity contribution is 5.76. The summed E-state index contributed by atoms with van der Waals surface area (Å²) in [4.78, 5) is 14.5. The smallest absolute Gasteiger partial charge is 0.336 e. The maximum absolute atomic E-state index is 10.6. The lowest BCUT2D eigenvalue weighted by Crippen LogP contribution is -2.44. The highest BCUT2D eigenvalue weighted by Gasteiger charge is 2.28. The molecule has 0 amide bonds. The van der Waals surface area contributed by atoms with Crippen molar-refractivity contribution in [3.63, 3.8) is 0 Å². The van der Waals surface area contributed by atoms with Gasteiger partial charge in [0.15, 0.2) is 5.60 Å². The van der Waals surface area contributed by atoms with Crippen LogP contribution in [0, 0.1) is 0 Å². The molecule has 1 heterocycles. The predicted octanol–water partition coefficient (Wildman–Crippen LogP) is 0.00680. The monoisotopic (exact) mass is 210 g/mol. The Bertz CT molecular complexity index is 325. The zero-order chi connectivity index (χ0) is 11.3. The quantitative estimate of drug-likeness (QED) is 0.637. The Hall–Kier alpha value is -1.46. The average Bonchev–Trinajstić information content (AvgIpc) is 2.19. The molecule has 0 aliphatic heterocycles. The summed E-state index contributed by atoms with van der Waals surface area (Å²) >= 11 is 0. The van der Waals surface area contributed by atoms with Crippen LogP contribution in [0.2, 0.25) is 0 Å². The molecule has 1 atom stereocenters. The van der Waals surface area contributed by atoms with Crippen LogP contribution in [-0.4, -0.2) is 33.3 Å². The number of aliphatic hydroxyl groups is 1. The number of aromatic nitrogens is 1. The lowest BCUT2D eigenvalue weighted by Gasteiger charge is -2.18. The third-order valence-corrected chi connectivity index (χ3v) is 1.98. The van der Waals surface area contributed by atoms with E-state index in [-0.39, 0.29) is 6.54 Å². The number of carbonyl (C=O) groups is 1. The summed E-state index contributed by atoms with van der Waals surface area (Å²) < 4.78 is 0. The van der Waals surface area contributed by atoms with Crippen molar-refractivity contribution >= 4 is 5.97 Å². The number of hydrogen-bond acceptors (Lipinski definition) is 4. The number of hydrogen-bond donors (Lipinski definition) is 3. The van der Waals surface area contributed by atoms with Crippen LogP contribution < -0.4 is 5.32 Å². The predicted molar refractivity (Wildman–Crippen MR) is 54.2 cm³/mol.